The summed E-state index contributed by atoms with van der Waals surface area (Å²) in [5, 5.41) is 2.32. The summed E-state index contributed by atoms with van der Waals surface area (Å²) >= 11 is 1.62. The van der Waals surface area contributed by atoms with Crippen LogP contribution >= 0.6 is 11.3 Å². The second-order valence-corrected chi connectivity index (χ2v) is 10.2. The minimum Gasteiger partial charge on any atom is -0.366 e. The number of ketones is 1. The van der Waals surface area contributed by atoms with E-state index in [0.717, 1.165) is 53.4 Å². The topological polar surface area (TPSA) is 63.4 Å². The lowest BCUT2D eigenvalue weighted by Gasteiger charge is -2.34. The number of carbonyl (C=O) groups is 2. The molecule has 1 fully saturated rings. The minimum absolute atomic E-state index is 0.128. The van der Waals surface area contributed by atoms with Crippen LogP contribution in [-0.4, -0.2) is 29.7 Å². The lowest BCUT2D eigenvalue weighted by molar-refractivity contribution is -0.117. The van der Waals surface area contributed by atoms with Gasteiger partial charge in [-0.2, -0.15) is 0 Å². The van der Waals surface area contributed by atoms with E-state index in [9.17, 15) is 9.59 Å². The maximum absolute atomic E-state index is 12.9. The number of hydrogen-bond donors (Lipinski definition) is 1. The number of fused-ring (bicyclic) bond motifs is 2. The van der Waals surface area contributed by atoms with Crippen molar-refractivity contribution >= 4 is 33.8 Å². The zero-order valence-corrected chi connectivity index (χ0v) is 18.5. The van der Waals surface area contributed by atoms with Crippen molar-refractivity contribution in [2.75, 3.05) is 13.1 Å². The number of thiophene rings is 1. The molecule has 5 rings (SSSR count). The third-order valence-electron chi connectivity index (χ3n) is 6.77. The molecule has 0 unspecified atom stereocenters. The van der Waals surface area contributed by atoms with Gasteiger partial charge in [0.25, 0.3) is 0 Å². The van der Waals surface area contributed by atoms with Gasteiger partial charge in [0.2, 0.25) is 5.91 Å². The highest BCUT2D eigenvalue weighted by Crippen LogP contribution is 2.35. The van der Waals surface area contributed by atoms with Crippen LogP contribution < -0.4 is 5.73 Å². The number of amides is 1. The van der Waals surface area contributed by atoms with Gasteiger partial charge in [0, 0.05) is 42.2 Å². The Morgan fingerprint density at radius 1 is 1.06 bits per heavy atom. The molecule has 31 heavy (non-hydrogen) atoms. The summed E-state index contributed by atoms with van der Waals surface area (Å²) in [5.74, 6) is 0.571. The average molecular weight is 433 g/mol. The van der Waals surface area contributed by atoms with Crippen LogP contribution in [-0.2, 0) is 30.6 Å². The number of Topliss-reactive ketones (excluding diaryl/α,β-unsaturated/α-hetero) is 1. The molecule has 2 heterocycles. The normalized spacial score (nSPS) is 16.8. The molecule has 1 amide bonds. The molecular weight excluding hydrogens is 404 g/mol. The maximum Gasteiger partial charge on any atom is 0.250 e. The van der Waals surface area contributed by atoms with Crippen LogP contribution in [0.15, 0.2) is 42.5 Å². The first-order valence-electron chi connectivity index (χ1n) is 11.2. The first-order chi connectivity index (χ1) is 15.1. The molecular formula is C26H28N2O2S. The van der Waals surface area contributed by atoms with Crippen LogP contribution in [0.1, 0.15) is 50.5 Å². The second kappa shape index (κ2) is 8.56. The van der Waals surface area contributed by atoms with Gasteiger partial charge in [-0.25, -0.2) is 0 Å². The molecule has 0 bridgehead atoms. The summed E-state index contributed by atoms with van der Waals surface area (Å²) in [4.78, 5) is 29.8. The van der Waals surface area contributed by atoms with E-state index in [2.05, 4.69) is 29.2 Å². The molecule has 2 N–H and O–H groups in total. The molecule has 1 aliphatic carbocycles. The Bertz CT molecular complexity index is 1150. The fourth-order valence-electron chi connectivity index (χ4n) is 4.94. The van der Waals surface area contributed by atoms with Crippen molar-refractivity contribution in [2.24, 2.45) is 11.7 Å². The van der Waals surface area contributed by atoms with Crippen LogP contribution in [0.2, 0.25) is 0 Å². The van der Waals surface area contributed by atoms with Crippen molar-refractivity contribution in [1.29, 1.82) is 0 Å². The van der Waals surface area contributed by atoms with Crippen LogP contribution in [0.3, 0.4) is 0 Å². The van der Waals surface area contributed by atoms with Crippen LogP contribution in [0.25, 0.3) is 10.8 Å². The number of carbonyl (C=O) groups excluding carboxylic acids is 2. The second-order valence-electron chi connectivity index (χ2n) is 9.02. The summed E-state index contributed by atoms with van der Waals surface area (Å²) in [6, 6.07) is 14.3. The molecule has 2 aromatic carbocycles. The molecule has 0 saturated heterocycles. The number of benzene rings is 2. The summed E-state index contributed by atoms with van der Waals surface area (Å²) in [6.45, 7) is 3.01. The van der Waals surface area contributed by atoms with Gasteiger partial charge in [0.05, 0.1) is 5.56 Å². The number of primary amides is 1. The standard InChI is InChI=1S/C26H28N2O2S/c27-26(30)25-22-10-11-28(15-17-4-3-5-17)16-24(22)31-23(25)14-21(29)13-18-8-9-19-6-1-2-7-20(19)12-18/h1-2,6-9,12,17H,3-5,10-11,13-16H2,(H2,27,30). The zero-order chi connectivity index (χ0) is 21.4. The number of hydrogen-bond acceptors (Lipinski definition) is 4. The van der Waals surface area contributed by atoms with Gasteiger partial charge >= 0.3 is 0 Å². The van der Waals surface area contributed by atoms with Crippen molar-refractivity contribution < 1.29 is 9.59 Å². The molecule has 3 aromatic rings. The Labute approximate surface area is 187 Å². The van der Waals surface area contributed by atoms with E-state index >= 15 is 0 Å². The maximum atomic E-state index is 12.9. The average Bonchev–Trinajstić information content (AvgIpc) is 3.07. The quantitative estimate of drug-likeness (QED) is 0.597. The number of rotatable bonds is 7. The summed E-state index contributed by atoms with van der Waals surface area (Å²) < 4.78 is 0. The predicted molar refractivity (Wildman–Crippen MR) is 126 cm³/mol. The zero-order valence-electron chi connectivity index (χ0n) is 17.7. The fourth-order valence-corrected chi connectivity index (χ4v) is 6.37. The van der Waals surface area contributed by atoms with Gasteiger partial charge in [-0.15, -0.1) is 11.3 Å². The SMILES string of the molecule is NC(=O)c1c(CC(=O)Cc2ccc3ccccc3c2)sc2c1CCN(CC1CCC1)C2. The summed E-state index contributed by atoms with van der Waals surface area (Å²) in [6.07, 6.45) is 5.56. The van der Waals surface area contributed by atoms with Gasteiger partial charge in [-0.3, -0.25) is 14.5 Å². The van der Waals surface area contributed by atoms with E-state index in [1.807, 2.05) is 18.2 Å². The first kappa shape index (κ1) is 20.4. The summed E-state index contributed by atoms with van der Waals surface area (Å²) in [7, 11) is 0. The molecule has 2 aliphatic rings. The number of nitrogens with zero attached hydrogens (tertiary/aromatic N) is 1. The Hall–Kier alpha value is -2.50. The van der Waals surface area contributed by atoms with Crippen molar-refractivity contribution in [2.45, 2.75) is 45.1 Å². The molecule has 1 aliphatic heterocycles. The van der Waals surface area contributed by atoms with E-state index in [0.29, 0.717) is 12.0 Å². The Morgan fingerprint density at radius 3 is 2.61 bits per heavy atom. The molecule has 160 valence electrons. The Kier molecular flexibility index (Phi) is 5.63. The van der Waals surface area contributed by atoms with Crippen LogP contribution in [0.5, 0.6) is 0 Å². The lowest BCUT2D eigenvalue weighted by Crippen LogP contribution is -2.36. The Morgan fingerprint density at radius 2 is 1.87 bits per heavy atom. The molecule has 1 saturated carbocycles. The molecule has 5 heteroatoms. The van der Waals surface area contributed by atoms with Gasteiger partial charge in [-0.05, 0) is 47.1 Å². The van der Waals surface area contributed by atoms with Gasteiger partial charge in [0.15, 0.2) is 0 Å². The monoisotopic (exact) mass is 432 g/mol. The largest absolute Gasteiger partial charge is 0.366 e. The number of nitrogens with two attached hydrogens (primary N) is 1. The highest BCUT2D eigenvalue weighted by atomic mass is 32.1. The molecule has 1 aromatic heterocycles. The highest BCUT2D eigenvalue weighted by molar-refractivity contribution is 7.12. The fraction of sp³-hybridized carbons (Fsp3) is 0.385. The van der Waals surface area contributed by atoms with Crippen molar-refractivity contribution in [1.82, 2.24) is 4.90 Å². The molecule has 0 spiro atoms. The van der Waals surface area contributed by atoms with Crippen LogP contribution in [0.4, 0.5) is 0 Å². The smallest absolute Gasteiger partial charge is 0.250 e. The molecule has 0 atom stereocenters. The Balaban J connectivity index is 1.32. The molecule has 0 radical (unpaired) electrons. The summed E-state index contributed by atoms with van der Waals surface area (Å²) in [5.41, 5.74) is 8.49. The lowest BCUT2D eigenvalue weighted by atomic mass is 9.84. The van der Waals surface area contributed by atoms with E-state index < -0.39 is 5.91 Å². The first-order valence-corrected chi connectivity index (χ1v) is 12.0. The van der Waals surface area contributed by atoms with Gasteiger partial charge < -0.3 is 5.73 Å². The van der Waals surface area contributed by atoms with Crippen molar-refractivity contribution in [3.05, 3.63) is 68.9 Å². The van der Waals surface area contributed by atoms with E-state index in [4.69, 9.17) is 5.73 Å². The third-order valence-corrected chi connectivity index (χ3v) is 7.99. The van der Waals surface area contributed by atoms with Crippen molar-refractivity contribution in [3.8, 4) is 0 Å². The molecule has 4 nitrogen and oxygen atoms in total. The van der Waals surface area contributed by atoms with E-state index in [1.165, 1.54) is 29.5 Å². The third kappa shape index (κ3) is 4.30. The predicted octanol–water partition coefficient (Wildman–Crippen LogP) is 4.51. The van der Waals surface area contributed by atoms with Crippen LogP contribution in [0, 0.1) is 5.92 Å². The van der Waals surface area contributed by atoms with Gasteiger partial charge in [0.1, 0.15) is 5.78 Å². The van der Waals surface area contributed by atoms with Crippen molar-refractivity contribution in [3.63, 3.8) is 0 Å². The van der Waals surface area contributed by atoms with E-state index in [1.54, 1.807) is 11.3 Å². The van der Waals surface area contributed by atoms with E-state index in [-0.39, 0.29) is 12.2 Å². The highest BCUT2D eigenvalue weighted by Gasteiger charge is 2.29. The van der Waals surface area contributed by atoms with Gasteiger partial charge in [-0.1, -0.05) is 48.9 Å². The minimum atomic E-state index is -0.390.